The van der Waals surface area contributed by atoms with Crippen LogP contribution in [0.4, 0.5) is 0 Å². The Labute approximate surface area is 172 Å². The van der Waals surface area contributed by atoms with Gasteiger partial charge in [-0.1, -0.05) is 60.7 Å². The summed E-state index contributed by atoms with van der Waals surface area (Å²) in [4.78, 5) is 2.35. The molecule has 0 atom stereocenters. The van der Waals surface area contributed by atoms with Gasteiger partial charge in [-0.2, -0.15) is 0 Å². The molecular weight excluding hydrogens is 374 g/mol. The van der Waals surface area contributed by atoms with Crippen molar-refractivity contribution in [3.8, 4) is 11.5 Å². The third kappa shape index (κ3) is 3.39. The van der Waals surface area contributed by atoms with E-state index in [-0.39, 0.29) is 0 Å². The standard InChI is InChI=1S/C25H25NO2Si/c1-26-16-22-20-10-6-4-8-18(20)12-14-24(22)27-29(2,3)28-25-15-13-19-9-5-7-11-21(19)23(25)17-26/h4-15H,16-17H2,1-3H3. The predicted octanol–water partition coefficient (Wildman–Crippen LogP) is 6.10. The van der Waals surface area contributed by atoms with E-state index < -0.39 is 8.56 Å². The fraction of sp³-hybridized carbons (Fsp3) is 0.200. The average molecular weight is 400 g/mol. The molecule has 0 saturated carbocycles. The number of hydrogen-bond acceptors (Lipinski definition) is 3. The van der Waals surface area contributed by atoms with E-state index in [0.29, 0.717) is 0 Å². The summed E-state index contributed by atoms with van der Waals surface area (Å²) in [5.74, 6) is 1.88. The van der Waals surface area contributed by atoms with E-state index >= 15 is 0 Å². The van der Waals surface area contributed by atoms with E-state index in [2.05, 4.69) is 97.8 Å². The SMILES string of the molecule is CN1Cc2c(ccc3ccccc23)O[Si](C)(C)Oc2ccc3ccccc3c2C1. The molecule has 0 aliphatic carbocycles. The van der Waals surface area contributed by atoms with Crippen molar-refractivity contribution in [2.24, 2.45) is 0 Å². The Morgan fingerprint density at radius 3 is 1.59 bits per heavy atom. The average Bonchev–Trinajstić information content (AvgIpc) is 2.71. The van der Waals surface area contributed by atoms with Gasteiger partial charge in [-0.25, -0.2) is 0 Å². The Bertz CT molecular complexity index is 1120. The first-order valence-corrected chi connectivity index (χ1v) is 12.9. The molecule has 5 rings (SSSR count). The molecule has 1 aliphatic heterocycles. The molecule has 0 saturated heterocycles. The lowest BCUT2D eigenvalue weighted by molar-refractivity contribution is 0.302. The lowest BCUT2D eigenvalue weighted by Gasteiger charge is -2.31. The van der Waals surface area contributed by atoms with Crippen LogP contribution >= 0.6 is 0 Å². The molecule has 0 N–H and O–H groups in total. The van der Waals surface area contributed by atoms with Crippen LogP contribution in [0.3, 0.4) is 0 Å². The number of benzene rings is 4. The Morgan fingerprint density at radius 1 is 0.655 bits per heavy atom. The number of hydrogen-bond donors (Lipinski definition) is 0. The molecule has 0 spiro atoms. The van der Waals surface area contributed by atoms with Gasteiger partial charge < -0.3 is 8.85 Å². The Kier molecular flexibility index (Phi) is 4.34. The highest BCUT2D eigenvalue weighted by atomic mass is 28.4. The number of nitrogens with zero attached hydrogens (tertiary/aromatic N) is 1. The largest absolute Gasteiger partial charge is 0.512 e. The lowest BCUT2D eigenvalue weighted by atomic mass is 10.0. The third-order valence-corrected chi connectivity index (χ3v) is 6.99. The van der Waals surface area contributed by atoms with Crippen LogP contribution in [0.5, 0.6) is 11.5 Å². The number of rotatable bonds is 0. The third-order valence-electron chi connectivity index (χ3n) is 5.56. The minimum absolute atomic E-state index is 0.823. The summed E-state index contributed by atoms with van der Waals surface area (Å²) in [6, 6.07) is 25.6. The van der Waals surface area contributed by atoms with E-state index in [1.54, 1.807) is 0 Å². The summed E-state index contributed by atoms with van der Waals surface area (Å²) < 4.78 is 13.2. The fourth-order valence-electron chi connectivity index (χ4n) is 4.30. The first-order valence-electron chi connectivity index (χ1n) is 10.1. The zero-order valence-corrected chi connectivity index (χ0v) is 18.1. The first kappa shape index (κ1) is 18.2. The predicted molar refractivity (Wildman–Crippen MR) is 122 cm³/mol. The molecule has 0 amide bonds. The van der Waals surface area contributed by atoms with Gasteiger partial charge in [0.15, 0.2) is 0 Å². The van der Waals surface area contributed by atoms with E-state index in [9.17, 15) is 0 Å². The van der Waals surface area contributed by atoms with Crippen molar-refractivity contribution in [2.75, 3.05) is 7.05 Å². The maximum atomic E-state index is 6.58. The molecule has 0 aromatic heterocycles. The molecule has 0 radical (unpaired) electrons. The summed E-state index contributed by atoms with van der Waals surface area (Å²) >= 11 is 0. The van der Waals surface area contributed by atoms with Crippen LogP contribution < -0.4 is 8.85 Å². The van der Waals surface area contributed by atoms with Gasteiger partial charge in [0.1, 0.15) is 11.5 Å². The zero-order chi connectivity index (χ0) is 20.0. The van der Waals surface area contributed by atoms with Crippen molar-refractivity contribution in [1.82, 2.24) is 4.90 Å². The summed E-state index contributed by atoms with van der Waals surface area (Å²) in [5, 5.41) is 4.99. The second kappa shape index (κ2) is 6.90. The van der Waals surface area contributed by atoms with E-state index in [0.717, 1.165) is 24.6 Å². The normalized spacial score (nSPS) is 16.5. The van der Waals surface area contributed by atoms with Gasteiger partial charge in [0.25, 0.3) is 0 Å². The topological polar surface area (TPSA) is 21.7 Å². The van der Waals surface area contributed by atoms with Gasteiger partial charge in [0, 0.05) is 37.3 Å². The smallest absolute Gasteiger partial charge is 0.454 e. The van der Waals surface area contributed by atoms with E-state index in [4.69, 9.17) is 8.85 Å². The van der Waals surface area contributed by atoms with Crippen LogP contribution in [0.25, 0.3) is 21.5 Å². The van der Waals surface area contributed by atoms with Crippen LogP contribution in [0.15, 0.2) is 72.8 Å². The maximum absolute atomic E-state index is 6.58. The van der Waals surface area contributed by atoms with Gasteiger partial charge in [-0.05, 0) is 40.7 Å². The van der Waals surface area contributed by atoms with Crippen molar-refractivity contribution in [2.45, 2.75) is 26.2 Å². The minimum atomic E-state index is -2.45. The molecule has 1 heterocycles. The molecule has 0 fully saturated rings. The second-order valence-electron chi connectivity index (χ2n) is 8.30. The Morgan fingerprint density at radius 2 is 1.10 bits per heavy atom. The van der Waals surface area contributed by atoms with Crippen molar-refractivity contribution in [3.05, 3.63) is 83.9 Å². The molecule has 4 aromatic rings. The summed E-state index contributed by atoms with van der Waals surface area (Å²) in [5.41, 5.74) is 2.47. The van der Waals surface area contributed by atoms with Crippen molar-refractivity contribution >= 4 is 30.1 Å². The van der Waals surface area contributed by atoms with Gasteiger partial charge in [-0.15, -0.1) is 0 Å². The highest BCUT2D eigenvalue weighted by molar-refractivity contribution is 6.66. The molecule has 0 bridgehead atoms. The highest BCUT2D eigenvalue weighted by Crippen LogP contribution is 2.36. The number of fused-ring (bicyclic) bond motifs is 6. The fourth-order valence-corrected chi connectivity index (χ4v) is 5.78. The van der Waals surface area contributed by atoms with Crippen molar-refractivity contribution < 1.29 is 8.85 Å². The van der Waals surface area contributed by atoms with Crippen molar-refractivity contribution in [1.29, 1.82) is 0 Å². The summed E-state index contributed by atoms with van der Waals surface area (Å²) in [7, 11) is -0.277. The lowest BCUT2D eigenvalue weighted by Crippen LogP contribution is -2.43. The maximum Gasteiger partial charge on any atom is 0.454 e. The molecule has 146 valence electrons. The summed E-state index contributed by atoms with van der Waals surface area (Å²) in [6.07, 6.45) is 0. The second-order valence-corrected chi connectivity index (χ2v) is 11.5. The molecule has 29 heavy (non-hydrogen) atoms. The van der Waals surface area contributed by atoms with Crippen LogP contribution in [0.2, 0.25) is 13.1 Å². The van der Waals surface area contributed by atoms with Gasteiger partial charge in [0.2, 0.25) is 0 Å². The van der Waals surface area contributed by atoms with Crippen LogP contribution in [-0.2, 0) is 13.1 Å². The molecule has 4 aromatic carbocycles. The van der Waals surface area contributed by atoms with Crippen molar-refractivity contribution in [3.63, 3.8) is 0 Å². The Balaban J connectivity index is 1.68. The molecule has 1 aliphatic rings. The van der Waals surface area contributed by atoms with Gasteiger partial charge in [0.05, 0.1) is 0 Å². The first-order chi connectivity index (χ1) is 14.0. The van der Waals surface area contributed by atoms with Crippen LogP contribution in [0, 0.1) is 0 Å². The molecule has 4 heteroatoms. The van der Waals surface area contributed by atoms with Gasteiger partial charge >= 0.3 is 8.56 Å². The van der Waals surface area contributed by atoms with Gasteiger partial charge in [-0.3, -0.25) is 4.90 Å². The van der Waals surface area contributed by atoms with Crippen LogP contribution in [-0.4, -0.2) is 20.5 Å². The highest BCUT2D eigenvalue weighted by Gasteiger charge is 2.32. The molecule has 0 unspecified atom stereocenters. The molecule has 3 nitrogen and oxygen atoms in total. The quantitative estimate of drug-likeness (QED) is 0.334. The van der Waals surface area contributed by atoms with Crippen LogP contribution in [0.1, 0.15) is 11.1 Å². The van der Waals surface area contributed by atoms with E-state index in [1.807, 2.05) is 0 Å². The van der Waals surface area contributed by atoms with E-state index in [1.165, 1.54) is 32.7 Å². The zero-order valence-electron chi connectivity index (χ0n) is 17.1. The summed E-state index contributed by atoms with van der Waals surface area (Å²) in [6.45, 7) is 5.89. The minimum Gasteiger partial charge on any atom is -0.512 e. The Hall–Kier alpha value is -2.82. The monoisotopic (exact) mass is 399 g/mol. The molecular formula is C25H25NO2Si.